The fourth-order valence-corrected chi connectivity index (χ4v) is 3.99. The van der Waals surface area contributed by atoms with E-state index >= 15 is 0 Å². The van der Waals surface area contributed by atoms with Gasteiger partial charge in [0.2, 0.25) is 0 Å². The summed E-state index contributed by atoms with van der Waals surface area (Å²) in [4.78, 5) is 25.3. The summed E-state index contributed by atoms with van der Waals surface area (Å²) in [5.74, 6) is -3.65. The van der Waals surface area contributed by atoms with Gasteiger partial charge in [-0.25, -0.2) is 20.0 Å². The van der Waals surface area contributed by atoms with Gasteiger partial charge in [-0.1, -0.05) is 35.0 Å². The van der Waals surface area contributed by atoms with E-state index in [1.807, 2.05) is 24.1 Å². The number of ether oxygens (including phenoxy) is 1. The largest absolute Gasteiger partial charge is 0.473 e. The molecule has 1 saturated heterocycles. The molecule has 160 valence electrons. The van der Waals surface area contributed by atoms with Crippen LogP contribution in [-0.2, 0) is 14.3 Å². The van der Waals surface area contributed by atoms with Crippen LogP contribution in [0.2, 0.25) is 10.0 Å². The molecule has 0 bridgehead atoms. The van der Waals surface area contributed by atoms with Gasteiger partial charge >= 0.3 is 11.9 Å². The number of thioether (sulfide) groups is 1. The molecule has 3 rings (SSSR count). The van der Waals surface area contributed by atoms with Gasteiger partial charge in [-0.3, -0.25) is 9.91 Å². The zero-order valence-corrected chi connectivity index (χ0v) is 18.2. The van der Waals surface area contributed by atoms with Crippen molar-refractivity contribution in [1.29, 1.82) is 0 Å². The Balaban J connectivity index is 0.000000438. The molecule has 2 heterocycles. The van der Waals surface area contributed by atoms with Gasteiger partial charge in [0.15, 0.2) is 5.17 Å². The zero-order chi connectivity index (χ0) is 21.6. The summed E-state index contributed by atoms with van der Waals surface area (Å²) in [5, 5.41) is 19.1. The minimum Gasteiger partial charge on any atom is -0.473 e. The molecule has 12 heteroatoms. The van der Waals surface area contributed by atoms with Crippen LogP contribution in [0, 0.1) is 0 Å². The number of anilines is 1. The fraction of sp³-hybridized carbons (Fsp3) is 0.471. The van der Waals surface area contributed by atoms with E-state index in [0.717, 1.165) is 37.2 Å². The van der Waals surface area contributed by atoms with Crippen molar-refractivity contribution in [3.63, 3.8) is 0 Å². The molecule has 0 aliphatic carbocycles. The average molecular weight is 465 g/mol. The Kier molecular flexibility index (Phi) is 9.00. The van der Waals surface area contributed by atoms with E-state index in [-0.39, 0.29) is 6.17 Å². The smallest absolute Gasteiger partial charge is 0.414 e. The Hall–Kier alpha value is -1.56. The lowest BCUT2D eigenvalue weighted by atomic mass is 10.3. The second kappa shape index (κ2) is 11.0. The highest BCUT2D eigenvalue weighted by Crippen LogP contribution is 2.31. The van der Waals surface area contributed by atoms with Gasteiger partial charge in [0.05, 0.1) is 34.3 Å². The van der Waals surface area contributed by atoms with Crippen LogP contribution in [0.1, 0.15) is 13.8 Å². The number of amidine groups is 1. The first-order valence-corrected chi connectivity index (χ1v) is 10.4. The predicted molar refractivity (Wildman–Crippen MR) is 114 cm³/mol. The SMILES string of the molecule is CC1N=C(SC(C)N2CCOCC2)N(c2ccc(Cl)c(Cl)c2)N1.O=C(O)C(=O)O. The maximum Gasteiger partial charge on any atom is 0.414 e. The number of benzene rings is 1. The van der Waals surface area contributed by atoms with Gasteiger partial charge in [-0.05, 0) is 32.0 Å². The number of rotatable bonds is 3. The van der Waals surface area contributed by atoms with Crippen LogP contribution in [-0.4, -0.2) is 70.1 Å². The normalized spacial score (nSPS) is 20.5. The number of carboxylic acid groups (broad SMARTS) is 2. The number of nitrogens with one attached hydrogen (secondary N) is 1. The van der Waals surface area contributed by atoms with Crippen LogP contribution >= 0.6 is 35.0 Å². The number of nitrogens with zero attached hydrogens (tertiary/aromatic N) is 3. The molecule has 29 heavy (non-hydrogen) atoms. The van der Waals surface area contributed by atoms with Crippen LogP contribution in [0.25, 0.3) is 0 Å². The standard InChI is InChI=1S/C15H20Cl2N4OS.C2H2O4/c1-10-18-15(23-11(2)20-5-7-22-8-6-20)21(19-10)12-3-4-13(16)14(17)9-12;3-1(4)2(5)6/h3-4,9-11,19H,5-8H2,1-2H3;(H,3,4)(H,5,6). The minimum absolute atomic E-state index is 0.0313. The molecule has 1 aromatic rings. The first kappa shape index (κ1) is 23.7. The average Bonchev–Trinajstić information content (AvgIpc) is 3.05. The third-order valence-corrected chi connectivity index (χ3v) is 5.87. The summed E-state index contributed by atoms with van der Waals surface area (Å²) in [6, 6.07) is 5.59. The van der Waals surface area contributed by atoms with Crippen molar-refractivity contribution in [2.24, 2.45) is 4.99 Å². The second-order valence-corrected chi connectivity index (χ2v) is 8.22. The number of morpholine rings is 1. The van der Waals surface area contributed by atoms with E-state index in [9.17, 15) is 0 Å². The summed E-state index contributed by atoms with van der Waals surface area (Å²) < 4.78 is 5.42. The molecule has 0 radical (unpaired) electrons. The number of carbonyl (C=O) groups is 2. The molecule has 0 aromatic heterocycles. The molecule has 2 aliphatic rings. The van der Waals surface area contributed by atoms with Gasteiger partial charge in [-0.15, -0.1) is 0 Å². The van der Waals surface area contributed by atoms with Gasteiger partial charge in [0, 0.05) is 13.1 Å². The van der Waals surface area contributed by atoms with E-state index < -0.39 is 11.9 Å². The lowest BCUT2D eigenvalue weighted by molar-refractivity contribution is -0.159. The van der Waals surface area contributed by atoms with Crippen molar-refractivity contribution in [3.05, 3.63) is 28.2 Å². The van der Waals surface area contributed by atoms with Gasteiger partial charge < -0.3 is 14.9 Å². The van der Waals surface area contributed by atoms with Crippen molar-refractivity contribution in [2.45, 2.75) is 25.4 Å². The van der Waals surface area contributed by atoms with E-state index in [2.05, 4.69) is 17.2 Å². The molecule has 9 nitrogen and oxygen atoms in total. The number of hydrogen-bond donors (Lipinski definition) is 3. The molecule has 1 fully saturated rings. The summed E-state index contributed by atoms with van der Waals surface area (Å²) in [6.07, 6.45) is 0.0313. The van der Waals surface area contributed by atoms with Crippen LogP contribution in [0.15, 0.2) is 23.2 Å². The molecular weight excluding hydrogens is 443 g/mol. The Bertz CT molecular complexity index is 764. The van der Waals surface area contributed by atoms with Crippen molar-refractivity contribution in [2.75, 3.05) is 31.3 Å². The molecule has 2 unspecified atom stereocenters. The molecule has 3 N–H and O–H groups in total. The molecule has 2 aliphatic heterocycles. The fourth-order valence-electron chi connectivity index (χ4n) is 2.55. The third-order valence-electron chi connectivity index (χ3n) is 3.99. The van der Waals surface area contributed by atoms with Gasteiger partial charge in [0.1, 0.15) is 6.17 Å². The van der Waals surface area contributed by atoms with Crippen molar-refractivity contribution < 1.29 is 24.5 Å². The molecule has 0 spiro atoms. The topological polar surface area (TPSA) is 115 Å². The van der Waals surface area contributed by atoms with Gasteiger partial charge in [-0.2, -0.15) is 0 Å². The summed E-state index contributed by atoms with van der Waals surface area (Å²) in [6.45, 7) is 7.73. The number of carboxylic acids is 2. The maximum atomic E-state index is 9.10. The number of hydrazine groups is 1. The first-order chi connectivity index (χ1) is 13.7. The number of aliphatic carboxylic acids is 2. The predicted octanol–water partition coefficient (Wildman–Crippen LogP) is 2.59. The van der Waals surface area contributed by atoms with E-state index in [0.29, 0.717) is 15.4 Å². The number of aliphatic imine (C=N–C) groups is 1. The number of halogens is 2. The Morgan fingerprint density at radius 2 is 1.86 bits per heavy atom. The third kappa shape index (κ3) is 7.02. The summed E-state index contributed by atoms with van der Waals surface area (Å²) >= 11 is 13.9. The van der Waals surface area contributed by atoms with Crippen LogP contribution < -0.4 is 10.4 Å². The van der Waals surface area contributed by atoms with Crippen LogP contribution in [0.5, 0.6) is 0 Å². The Morgan fingerprint density at radius 3 is 2.41 bits per heavy atom. The van der Waals surface area contributed by atoms with Crippen molar-refractivity contribution in [1.82, 2.24) is 10.3 Å². The number of hydrogen-bond acceptors (Lipinski definition) is 8. The highest BCUT2D eigenvalue weighted by Gasteiger charge is 2.28. The molecule has 0 amide bonds. The minimum atomic E-state index is -1.82. The van der Waals surface area contributed by atoms with Gasteiger partial charge in [0.25, 0.3) is 0 Å². The summed E-state index contributed by atoms with van der Waals surface area (Å²) in [7, 11) is 0. The quantitative estimate of drug-likeness (QED) is 0.580. The molecule has 1 aromatic carbocycles. The maximum absolute atomic E-state index is 9.10. The second-order valence-electron chi connectivity index (χ2n) is 6.13. The zero-order valence-electron chi connectivity index (χ0n) is 15.8. The highest BCUT2D eigenvalue weighted by atomic mass is 35.5. The van der Waals surface area contributed by atoms with E-state index in [4.69, 9.17) is 52.7 Å². The molecule has 0 saturated carbocycles. The lowest BCUT2D eigenvalue weighted by Gasteiger charge is -2.32. The summed E-state index contributed by atoms with van der Waals surface area (Å²) in [5.41, 5.74) is 4.27. The van der Waals surface area contributed by atoms with E-state index in [1.165, 1.54) is 0 Å². The van der Waals surface area contributed by atoms with Crippen molar-refractivity contribution in [3.8, 4) is 0 Å². The monoisotopic (exact) mass is 464 g/mol. The van der Waals surface area contributed by atoms with Crippen LogP contribution in [0.3, 0.4) is 0 Å². The lowest BCUT2D eigenvalue weighted by Crippen LogP contribution is -2.43. The molecular formula is C17H22Cl2N4O5S. The first-order valence-electron chi connectivity index (χ1n) is 8.73. The Labute approximate surface area is 182 Å². The Morgan fingerprint density at radius 1 is 1.24 bits per heavy atom. The van der Waals surface area contributed by atoms with Crippen molar-refractivity contribution >= 4 is 57.8 Å². The van der Waals surface area contributed by atoms with Crippen LogP contribution in [0.4, 0.5) is 5.69 Å². The van der Waals surface area contributed by atoms with E-state index in [1.54, 1.807) is 17.8 Å². The highest BCUT2D eigenvalue weighted by molar-refractivity contribution is 8.14. The molecule has 2 atom stereocenters.